The highest BCUT2D eigenvalue weighted by atomic mass is 28.3. The fourth-order valence-electron chi connectivity index (χ4n) is 8.20. The molecule has 12 nitrogen and oxygen atoms in total. The van der Waals surface area contributed by atoms with Crippen LogP contribution in [-0.4, -0.2) is 102 Å². The average molecular weight is 739 g/mol. The third-order valence-corrected chi connectivity index (χ3v) is 15.4. The van der Waals surface area contributed by atoms with Gasteiger partial charge in [-0.25, -0.2) is 0 Å². The minimum absolute atomic E-state index is 0.0930. The van der Waals surface area contributed by atoms with Gasteiger partial charge in [-0.3, -0.25) is 9.59 Å². The van der Waals surface area contributed by atoms with E-state index >= 15 is 0 Å². The second-order valence-corrected chi connectivity index (χ2v) is 19.8. The molecule has 3 aliphatic heterocycles. The van der Waals surface area contributed by atoms with Crippen LogP contribution in [0.25, 0.3) is 0 Å². The Hall–Kier alpha value is -3.40. The lowest BCUT2D eigenvalue weighted by atomic mass is 9.82. The number of allylic oxidation sites excluding steroid dienone is 3. The van der Waals surface area contributed by atoms with E-state index in [1.54, 1.807) is 30.2 Å². The molecular formula is C39H54N2O10Si. The molecule has 2 amide bonds. The first-order valence-corrected chi connectivity index (χ1v) is 21.0. The zero-order valence-corrected chi connectivity index (χ0v) is 32.1. The number of hydrogen-bond donors (Lipinski definition) is 6. The van der Waals surface area contributed by atoms with Gasteiger partial charge in [-0.1, -0.05) is 60.6 Å². The number of rotatable bonds is 12. The van der Waals surface area contributed by atoms with Crippen molar-refractivity contribution in [1.29, 1.82) is 0 Å². The number of aliphatic hydroxyl groups excluding tert-OH is 5. The Balaban J connectivity index is 1.55. The van der Waals surface area contributed by atoms with Crippen molar-refractivity contribution in [3.8, 4) is 5.75 Å². The summed E-state index contributed by atoms with van der Waals surface area (Å²) in [4.78, 5) is 30.0. The second kappa shape index (κ2) is 15.9. The third-order valence-electron chi connectivity index (χ3n) is 11.1. The monoisotopic (exact) mass is 738 g/mol. The van der Waals surface area contributed by atoms with Crippen LogP contribution in [-0.2, 0) is 24.7 Å². The van der Waals surface area contributed by atoms with Crippen LogP contribution in [0.15, 0.2) is 65.8 Å². The van der Waals surface area contributed by atoms with Crippen molar-refractivity contribution in [2.45, 2.75) is 108 Å². The standard InChI is InChI=1S/C39H54N2O10Si/c1-22(2)9-8-10-23(3)17-19-41-29-16-11-25(40-36(46)34-32(44)31(43)33(45)37(47)50-34)21-28(29)39(38(41)48)24(4)35(30(51-39)18-20-42)52(6,7)27-14-12-26(49-5)13-15-27/h9,11-17,21,24,30-35,37,42-45,47H,8,10,18-20H2,1-7H3,(H,40,46)/b23-17+/t24-,30+,31-,32-,33+,34-,35-,37+,39+/m0/s1. The molecule has 9 atom stereocenters. The molecule has 2 fully saturated rings. The molecule has 2 aromatic rings. The molecule has 0 saturated carbocycles. The number of ether oxygens (including phenoxy) is 3. The quantitative estimate of drug-likeness (QED) is 0.140. The Bertz CT molecular complexity index is 1680. The fourth-order valence-corrected chi connectivity index (χ4v) is 12.3. The van der Waals surface area contributed by atoms with Crippen molar-refractivity contribution >= 4 is 36.4 Å². The van der Waals surface area contributed by atoms with Crippen LogP contribution in [0.1, 0.15) is 52.5 Å². The summed E-state index contributed by atoms with van der Waals surface area (Å²) in [5.74, 6) is -0.670. The molecule has 3 aliphatic rings. The lowest BCUT2D eigenvalue weighted by Crippen LogP contribution is -2.60. The molecule has 0 aromatic heterocycles. The maximum Gasteiger partial charge on any atom is 0.264 e. The van der Waals surface area contributed by atoms with Crippen LogP contribution in [0.4, 0.5) is 11.4 Å². The molecule has 52 heavy (non-hydrogen) atoms. The Morgan fingerprint density at radius 2 is 1.71 bits per heavy atom. The predicted octanol–water partition coefficient (Wildman–Crippen LogP) is 3.07. The zero-order valence-electron chi connectivity index (χ0n) is 31.1. The summed E-state index contributed by atoms with van der Waals surface area (Å²) < 4.78 is 17.6. The van der Waals surface area contributed by atoms with Crippen molar-refractivity contribution in [3.05, 3.63) is 71.3 Å². The largest absolute Gasteiger partial charge is 0.497 e. The number of hydrogen-bond acceptors (Lipinski definition) is 10. The number of anilines is 2. The summed E-state index contributed by atoms with van der Waals surface area (Å²) in [6, 6.07) is 13.1. The van der Waals surface area contributed by atoms with Gasteiger partial charge in [0.25, 0.3) is 11.8 Å². The summed E-state index contributed by atoms with van der Waals surface area (Å²) in [5, 5.41) is 54.7. The third kappa shape index (κ3) is 7.38. The van der Waals surface area contributed by atoms with E-state index in [9.17, 15) is 35.1 Å². The smallest absolute Gasteiger partial charge is 0.264 e. The van der Waals surface area contributed by atoms with Gasteiger partial charge in [0.1, 0.15) is 24.1 Å². The van der Waals surface area contributed by atoms with E-state index in [0.717, 1.165) is 29.4 Å². The van der Waals surface area contributed by atoms with Crippen LogP contribution in [0, 0.1) is 5.92 Å². The summed E-state index contributed by atoms with van der Waals surface area (Å²) in [5.41, 5.74) is 2.35. The maximum absolute atomic E-state index is 15.0. The Morgan fingerprint density at radius 1 is 1.02 bits per heavy atom. The van der Waals surface area contributed by atoms with Gasteiger partial charge in [0.2, 0.25) is 0 Å². The van der Waals surface area contributed by atoms with E-state index in [1.807, 2.05) is 26.0 Å². The summed E-state index contributed by atoms with van der Waals surface area (Å²) in [7, 11) is -0.800. The summed E-state index contributed by atoms with van der Waals surface area (Å²) in [6.45, 7) is 12.9. The molecule has 1 spiro atoms. The van der Waals surface area contributed by atoms with Crippen molar-refractivity contribution in [3.63, 3.8) is 0 Å². The van der Waals surface area contributed by atoms with E-state index in [-0.39, 0.29) is 29.7 Å². The Morgan fingerprint density at radius 3 is 2.35 bits per heavy atom. The highest BCUT2D eigenvalue weighted by Crippen LogP contribution is 2.60. The average Bonchev–Trinajstić information content (AvgIpc) is 3.53. The molecule has 13 heteroatoms. The van der Waals surface area contributed by atoms with E-state index < -0.39 is 56.4 Å². The van der Waals surface area contributed by atoms with Gasteiger partial charge >= 0.3 is 0 Å². The zero-order chi connectivity index (χ0) is 38.1. The molecule has 0 aliphatic carbocycles. The highest BCUT2D eigenvalue weighted by Gasteiger charge is 2.66. The number of fused-ring (bicyclic) bond motifs is 2. The van der Waals surface area contributed by atoms with Crippen LogP contribution < -0.4 is 20.1 Å². The number of nitrogens with zero attached hydrogens (tertiary/aromatic N) is 1. The van der Waals surface area contributed by atoms with Crippen LogP contribution >= 0.6 is 0 Å². The number of carbonyl (C=O) groups excluding carboxylic acids is 2. The number of nitrogens with one attached hydrogen (secondary N) is 1. The molecule has 2 aromatic carbocycles. The van der Waals surface area contributed by atoms with Gasteiger partial charge < -0.3 is 50.0 Å². The first-order chi connectivity index (χ1) is 24.6. The molecule has 0 radical (unpaired) electrons. The van der Waals surface area contributed by atoms with Gasteiger partial charge in [0, 0.05) is 30.3 Å². The molecule has 3 heterocycles. The summed E-state index contributed by atoms with van der Waals surface area (Å²) in [6.07, 6.45) is -3.08. The molecule has 0 bridgehead atoms. The summed E-state index contributed by atoms with van der Waals surface area (Å²) >= 11 is 0. The molecule has 6 N–H and O–H groups in total. The minimum Gasteiger partial charge on any atom is -0.497 e. The van der Waals surface area contributed by atoms with E-state index in [0.29, 0.717) is 24.2 Å². The molecule has 5 rings (SSSR count). The Labute approximate surface area is 306 Å². The number of aliphatic hydroxyl groups is 5. The van der Waals surface area contributed by atoms with Crippen molar-refractivity contribution in [2.75, 3.05) is 30.5 Å². The van der Waals surface area contributed by atoms with Gasteiger partial charge in [0.15, 0.2) is 18.0 Å². The Kier molecular flexibility index (Phi) is 12.2. The van der Waals surface area contributed by atoms with Crippen LogP contribution in [0.2, 0.25) is 18.6 Å². The van der Waals surface area contributed by atoms with Crippen LogP contribution in [0.3, 0.4) is 0 Å². The van der Waals surface area contributed by atoms with Crippen molar-refractivity contribution < 1.29 is 49.3 Å². The van der Waals surface area contributed by atoms with E-state index in [4.69, 9.17) is 14.2 Å². The number of benzene rings is 2. The lowest BCUT2D eigenvalue weighted by Gasteiger charge is -2.37. The number of carbonyl (C=O) groups is 2. The van der Waals surface area contributed by atoms with Gasteiger partial charge in [-0.05, 0) is 75.9 Å². The fraction of sp³-hybridized carbons (Fsp3) is 0.538. The van der Waals surface area contributed by atoms with E-state index in [2.05, 4.69) is 56.5 Å². The first-order valence-electron chi connectivity index (χ1n) is 18.0. The van der Waals surface area contributed by atoms with Gasteiger partial charge in [0.05, 0.1) is 27.0 Å². The molecular weight excluding hydrogens is 685 g/mol. The van der Waals surface area contributed by atoms with Crippen LogP contribution in [0.5, 0.6) is 5.75 Å². The van der Waals surface area contributed by atoms with Gasteiger partial charge in [-0.15, -0.1) is 0 Å². The molecule has 0 unspecified atom stereocenters. The number of amides is 2. The maximum atomic E-state index is 15.0. The minimum atomic E-state index is -2.42. The number of methoxy groups -OCH3 is 1. The molecule has 284 valence electrons. The van der Waals surface area contributed by atoms with E-state index in [1.165, 1.54) is 5.57 Å². The highest BCUT2D eigenvalue weighted by molar-refractivity contribution is 6.91. The first kappa shape index (κ1) is 39.8. The SMILES string of the molecule is COc1ccc([Si](C)(C)[C@@H]2[C@@H](CCO)O[C@]3(C(=O)N(C/C=C(\C)CCC=C(C)C)c4ccc(NC(=O)[C@H]5O[C@@H](O)[C@H](O)[C@@H](O)[C@@H]5O)cc43)[C@H]2C)cc1. The lowest BCUT2D eigenvalue weighted by molar-refractivity contribution is -0.274. The second-order valence-electron chi connectivity index (χ2n) is 15.1. The topological polar surface area (TPSA) is 178 Å². The van der Waals surface area contributed by atoms with Gasteiger partial charge in [-0.2, -0.15) is 0 Å². The normalized spacial score (nSPS) is 30.4. The van der Waals surface area contributed by atoms with Crippen molar-refractivity contribution in [1.82, 2.24) is 0 Å². The van der Waals surface area contributed by atoms with Crippen molar-refractivity contribution in [2.24, 2.45) is 5.92 Å². The molecule has 2 saturated heterocycles. The predicted molar refractivity (Wildman–Crippen MR) is 200 cm³/mol.